The van der Waals surface area contributed by atoms with Crippen molar-refractivity contribution in [3.8, 4) is 0 Å². The molecule has 0 saturated carbocycles. The predicted molar refractivity (Wildman–Crippen MR) is 51.0 cm³/mol. The van der Waals surface area contributed by atoms with Crippen LogP contribution in [0.3, 0.4) is 0 Å². The molecule has 2 unspecified atom stereocenters. The maximum atomic E-state index is 12.2. The molecule has 0 bridgehead atoms. The van der Waals surface area contributed by atoms with Gasteiger partial charge in [0.25, 0.3) is 0 Å². The molecule has 0 aliphatic rings. The molecular weight excluding hydrogens is 227 g/mol. The first-order valence-corrected chi connectivity index (χ1v) is 4.96. The van der Waals surface area contributed by atoms with E-state index < -0.39 is 24.6 Å². The van der Waals surface area contributed by atoms with Crippen molar-refractivity contribution < 1.29 is 28.2 Å². The summed E-state index contributed by atoms with van der Waals surface area (Å²) in [5.74, 6) is -4.29. The van der Waals surface area contributed by atoms with Gasteiger partial charge in [-0.15, -0.1) is 0 Å². The summed E-state index contributed by atoms with van der Waals surface area (Å²) in [6.45, 7) is 0.934. The van der Waals surface area contributed by atoms with Gasteiger partial charge in [-0.2, -0.15) is 13.2 Å². The van der Waals surface area contributed by atoms with Crippen LogP contribution >= 0.6 is 0 Å². The molecule has 3 N–H and O–H groups in total. The van der Waals surface area contributed by atoms with Gasteiger partial charge in [-0.1, -0.05) is 6.92 Å². The summed E-state index contributed by atoms with van der Waals surface area (Å²) in [6, 6.07) is -0.297. The second kappa shape index (κ2) is 6.70. The van der Waals surface area contributed by atoms with Gasteiger partial charge in [0.15, 0.2) is 5.92 Å². The van der Waals surface area contributed by atoms with Crippen LogP contribution in [-0.2, 0) is 4.79 Å². The standard InChI is InChI=1S/C9H16F3NO3/c1-2-6(3-4-14)13-5-7(8(15)16)9(10,11)12/h6-7,13-14H,2-5H2,1H3,(H,15,16). The van der Waals surface area contributed by atoms with Crippen LogP contribution in [0.5, 0.6) is 0 Å². The quantitative estimate of drug-likeness (QED) is 0.624. The van der Waals surface area contributed by atoms with Gasteiger partial charge in [-0.3, -0.25) is 4.79 Å². The zero-order valence-electron chi connectivity index (χ0n) is 8.92. The molecule has 0 saturated heterocycles. The van der Waals surface area contributed by atoms with E-state index in [1.165, 1.54) is 0 Å². The summed E-state index contributed by atoms with van der Waals surface area (Å²) < 4.78 is 36.7. The monoisotopic (exact) mass is 243 g/mol. The van der Waals surface area contributed by atoms with Gasteiger partial charge in [0.05, 0.1) is 0 Å². The Hall–Kier alpha value is -0.820. The highest BCUT2D eigenvalue weighted by Gasteiger charge is 2.44. The second-order valence-corrected chi connectivity index (χ2v) is 3.46. The number of alkyl halides is 3. The molecule has 96 valence electrons. The number of halogens is 3. The molecule has 0 aromatic carbocycles. The number of hydrogen-bond acceptors (Lipinski definition) is 3. The van der Waals surface area contributed by atoms with Crippen LogP contribution < -0.4 is 5.32 Å². The Kier molecular flexibility index (Phi) is 6.35. The first kappa shape index (κ1) is 15.2. The minimum atomic E-state index is -4.75. The zero-order valence-corrected chi connectivity index (χ0v) is 8.92. The van der Waals surface area contributed by atoms with Crippen LogP contribution in [0.25, 0.3) is 0 Å². The largest absolute Gasteiger partial charge is 0.481 e. The molecule has 0 fully saturated rings. The van der Waals surface area contributed by atoms with E-state index in [0.717, 1.165) is 0 Å². The summed E-state index contributed by atoms with van der Waals surface area (Å²) in [6.07, 6.45) is -3.91. The fourth-order valence-corrected chi connectivity index (χ4v) is 1.23. The molecule has 16 heavy (non-hydrogen) atoms. The lowest BCUT2D eigenvalue weighted by Gasteiger charge is -2.21. The van der Waals surface area contributed by atoms with E-state index in [9.17, 15) is 18.0 Å². The molecule has 0 amide bonds. The predicted octanol–water partition coefficient (Wildman–Crippen LogP) is 1.00. The number of nitrogens with one attached hydrogen (secondary N) is 1. The molecule has 0 spiro atoms. The van der Waals surface area contributed by atoms with Gasteiger partial charge in [-0.05, 0) is 12.8 Å². The lowest BCUT2D eigenvalue weighted by Crippen LogP contribution is -2.42. The lowest BCUT2D eigenvalue weighted by molar-refractivity contribution is -0.192. The molecule has 4 nitrogen and oxygen atoms in total. The Bertz CT molecular complexity index is 221. The average Bonchev–Trinajstić information content (AvgIpc) is 2.13. The number of rotatable bonds is 7. The van der Waals surface area contributed by atoms with Crippen LogP contribution in [0.2, 0.25) is 0 Å². The van der Waals surface area contributed by atoms with Gasteiger partial charge in [0, 0.05) is 19.2 Å². The van der Waals surface area contributed by atoms with Crippen molar-refractivity contribution in [2.24, 2.45) is 5.92 Å². The molecule has 7 heteroatoms. The van der Waals surface area contributed by atoms with E-state index in [1.807, 2.05) is 0 Å². The van der Waals surface area contributed by atoms with Crippen LogP contribution in [-0.4, -0.2) is 41.6 Å². The van der Waals surface area contributed by atoms with Crippen molar-refractivity contribution in [3.63, 3.8) is 0 Å². The molecule has 0 aromatic heterocycles. The zero-order chi connectivity index (χ0) is 12.8. The summed E-state index contributed by atoms with van der Waals surface area (Å²) >= 11 is 0. The Morgan fingerprint density at radius 2 is 2.00 bits per heavy atom. The molecular formula is C9H16F3NO3. The lowest BCUT2D eigenvalue weighted by atomic mass is 10.1. The van der Waals surface area contributed by atoms with Crippen molar-refractivity contribution in [2.75, 3.05) is 13.2 Å². The van der Waals surface area contributed by atoms with Gasteiger partial charge < -0.3 is 15.5 Å². The summed E-state index contributed by atoms with van der Waals surface area (Å²) in [7, 11) is 0. The number of aliphatic carboxylic acids is 1. The maximum Gasteiger partial charge on any atom is 0.403 e. The van der Waals surface area contributed by atoms with Gasteiger partial charge in [-0.25, -0.2) is 0 Å². The van der Waals surface area contributed by atoms with Gasteiger partial charge in [0.1, 0.15) is 0 Å². The third kappa shape index (κ3) is 5.32. The Labute approximate surface area is 91.5 Å². The Morgan fingerprint density at radius 1 is 1.44 bits per heavy atom. The number of carbonyl (C=O) groups is 1. The fraction of sp³-hybridized carbons (Fsp3) is 0.889. The van der Waals surface area contributed by atoms with Crippen molar-refractivity contribution in [1.29, 1.82) is 0 Å². The Balaban J connectivity index is 4.26. The highest BCUT2D eigenvalue weighted by atomic mass is 19.4. The molecule has 0 radical (unpaired) electrons. The molecule has 2 atom stereocenters. The molecule has 0 aliphatic heterocycles. The van der Waals surface area contributed by atoms with E-state index in [-0.39, 0.29) is 12.6 Å². The van der Waals surface area contributed by atoms with E-state index >= 15 is 0 Å². The van der Waals surface area contributed by atoms with Crippen molar-refractivity contribution in [3.05, 3.63) is 0 Å². The van der Waals surface area contributed by atoms with Crippen LogP contribution in [0.4, 0.5) is 13.2 Å². The fourth-order valence-electron chi connectivity index (χ4n) is 1.23. The first-order valence-electron chi connectivity index (χ1n) is 4.96. The average molecular weight is 243 g/mol. The minimum absolute atomic E-state index is 0.144. The number of aliphatic hydroxyl groups excluding tert-OH is 1. The normalized spacial score (nSPS) is 15.8. The van der Waals surface area contributed by atoms with Crippen molar-refractivity contribution in [1.82, 2.24) is 5.32 Å². The summed E-state index contributed by atoms with van der Waals surface area (Å²) in [5, 5.41) is 19.5. The van der Waals surface area contributed by atoms with E-state index in [0.29, 0.717) is 12.8 Å². The smallest absolute Gasteiger partial charge is 0.403 e. The van der Waals surface area contributed by atoms with Crippen molar-refractivity contribution in [2.45, 2.75) is 32.0 Å². The number of hydrogen-bond donors (Lipinski definition) is 3. The number of aliphatic hydroxyl groups is 1. The van der Waals surface area contributed by atoms with Crippen LogP contribution in [0.15, 0.2) is 0 Å². The van der Waals surface area contributed by atoms with Crippen molar-refractivity contribution >= 4 is 5.97 Å². The summed E-state index contributed by atoms with van der Waals surface area (Å²) in [5.41, 5.74) is 0. The van der Waals surface area contributed by atoms with Gasteiger partial charge in [0.2, 0.25) is 0 Å². The van der Waals surface area contributed by atoms with Crippen LogP contribution in [0, 0.1) is 5.92 Å². The minimum Gasteiger partial charge on any atom is -0.481 e. The third-order valence-corrected chi connectivity index (χ3v) is 2.27. The highest BCUT2D eigenvalue weighted by molar-refractivity contribution is 5.71. The topological polar surface area (TPSA) is 69.6 Å². The summed E-state index contributed by atoms with van der Waals surface area (Å²) in [4.78, 5) is 10.4. The molecule has 0 rings (SSSR count). The SMILES string of the molecule is CCC(CCO)NCC(C(=O)O)C(F)(F)F. The molecule has 0 aromatic rings. The van der Waals surface area contributed by atoms with Crippen LogP contribution in [0.1, 0.15) is 19.8 Å². The molecule has 0 heterocycles. The maximum absolute atomic E-state index is 12.2. The van der Waals surface area contributed by atoms with E-state index in [4.69, 9.17) is 10.2 Å². The second-order valence-electron chi connectivity index (χ2n) is 3.46. The third-order valence-electron chi connectivity index (χ3n) is 2.27. The van der Waals surface area contributed by atoms with Gasteiger partial charge >= 0.3 is 12.1 Å². The molecule has 0 aliphatic carbocycles. The van der Waals surface area contributed by atoms with E-state index in [1.54, 1.807) is 6.92 Å². The number of carboxylic acids is 1. The number of carboxylic acid groups (broad SMARTS) is 1. The van der Waals surface area contributed by atoms with E-state index in [2.05, 4.69) is 5.32 Å². The Morgan fingerprint density at radius 3 is 2.31 bits per heavy atom. The highest BCUT2D eigenvalue weighted by Crippen LogP contribution is 2.26. The first-order chi connectivity index (χ1) is 7.32.